The number of nitrogens with one attached hydrogen (secondary N) is 1. The monoisotopic (exact) mass is 410 g/mol. The molecule has 0 fully saturated rings. The maximum atomic E-state index is 12.6. The number of hydrogen-bond donors (Lipinski definition) is 1. The predicted octanol–water partition coefficient (Wildman–Crippen LogP) is 1.62. The van der Waals surface area contributed by atoms with Crippen LogP contribution >= 0.6 is 0 Å². The molecule has 1 N–H and O–H groups in total. The van der Waals surface area contributed by atoms with E-state index in [-0.39, 0.29) is 22.6 Å². The van der Waals surface area contributed by atoms with Crippen LogP contribution in [0.3, 0.4) is 0 Å². The Bertz CT molecular complexity index is 1200. The summed E-state index contributed by atoms with van der Waals surface area (Å²) in [5.41, 5.74) is 1.97. The first-order chi connectivity index (χ1) is 13.9. The minimum absolute atomic E-state index is 0.0532. The Balaban J connectivity index is 1.44. The Kier molecular flexibility index (Phi) is 4.77. The van der Waals surface area contributed by atoms with Crippen LogP contribution < -0.4 is 4.72 Å². The van der Waals surface area contributed by atoms with E-state index in [4.69, 9.17) is 0 Å². The van der Waals surface area contributed by atoms with Crippen molar-refractivity contribution in [2.75, 3.05) is 13.6 Å². The molecule has 3 aromatic rings. The van der Waals surface area contributed by atoms with Crippen molar-refractivity contribution < 1.29 is 18.0 Å². The Morgan fingerprint density at radius 1 is 0.966 bits per heavy atom. The molecule has 29 heavy (non-hydrogen) atoms. The summed E-state index contributed by atoms with van der Waals surface area (Å²) in [5.74, 6) is -0.940. The molecule has 2 heterocycles. The highest BCUT2D eigenvalue weighted by molar-refractivity contribution is 7.89. The number of para-hydroxylation sites is 1. The molecule has 1 aliphatic rings. The van der Waals surface area contributed by atoms with Crippen LogP contribution in [0.4, 0.5) is 0 Å². The molecular formula is C20H18N4O4S. The van der Waals surface area contributed by atoms with Gasteiger partial charge in [-0.25, -0.2) is 17.8 Å². The van der Waals surface area contributed by atoms with Crippen LogP contribution in [0, 0.1) is 0 Å². The van der Waals surface area contributed by atoms with E-state index >= 15 is 0 Å². The van der Waals surface area contributed by atoms with Gasteiger partial charge in [0.2, 0.25) is 10.0 Å². The van der Waals surface area contributed by atoms with Crippen molar-refractivity contribution in [3.8, 4) is 5.69 Å². The molecule has 0 saturated carbocycles. The number of hydrogen-bond acceptors (Lipinski definition) is 5. The Morgan fingerprint density at radius 2 is 1.69 bits per heavy atom. The lowest BCUT2D eigenvalue weighted by atomic mass is 10.1. The predicted molar refractivity (Wildman–Crippen MR) is 105 cm³/mol. The van der Waals surface area contributed by atoms with E-state index in [1.54, 1.807) is 4.68 Å². The second-order valence-corrected chi connectivity index (χ2v) is 8.38. The highest BCUT2D eigenvalue weighted by Crippen LogP contribution is 2.24. The van der Waals surface area contributed by atoms with E-state index in [9.17, 15) is 18.0 Å². The molecule has 4 rings (SSSR count). The van der Waals surface area contributed by atoms with Gasteiger partial charge < -0.3 is 0 Å². The van der Waals surface area contributed by atoms with Gasteiger partial charge in [0.15, 0.2) is 0 Å². The maximum Gasteiger partial charge on any atom is 0.261 e. The molecule has 2 aromatic carbocycles. The lowest BCUT2D eigenvalue weighted by Crippen LogP contribution is -2.26. The Morgan fingerprint density at radius 3 is 2.45 bits per heavy atom. The first kappa shape index (κ1) is 19.0. The van der Waals surface area contributed by atoms with Crippen molar-refractivity contribution in [2.24, 2.45) is 0 Å². The van der Waals surface area contributed by atoms with Crippen LogP contribution in [-0.2, 0) is 16.4 Å². The van der Waals surface area contributed by atoms with Gasteiger partial charge in [-0.15, -0.1) is 0 Å². The van der Waals surface area contributed by atoms with E-state index in [0.29, 0.717) is 6.42 Å². The first-order valence-corrected chi connectivity index (χ1v) is 10.4. The molecule has 2 amide bonds. The van der Waals surface area contributed by atoms with Crippen molar-refractivity contribution >= 4 is 21.8 Å². The number of amides is 2. The molecule has 0 aliphatic carbocycles. The summed E-state index contributed by atoms with van der Waals surface area (Å²) in [6.45, 7) is 0.151. The van der Waals surface area contributed by atoms with Gasteiger partial charge in [0.1, 0.15) is 0 Å². The van der Waals surface area contributed by atoms with Gasteiger partial charge in [0, 0.05) is 26.2 Å². The third kappa shape index (κ3) is 3.57. The van der Waals surface area contributed by atoms with Crippen molar-refractivity contribution in [3.05, 3.63) is 77.6 Å². The van der Waals surface area contributed by atoms with Gasteiger partial charge in [-0.2, -0.15) is 5.10 Å². The minimum Gasteiger partial charge on any atom is -0.277 e. The van der Waals surface area contributed by atoms with E-state index in [1.165, 1.54) is 25.2 Å². The summed E-state index contributed by atoms with van der Waals surface area (Å²) in [6.07, 6.45) is 2.23. The number of benzene rings is 2. The van der Waals surface area contributed by atoms with Crippen molar-refractivity contribution in [1.82, 2.24) is 19.4 Å². The lowest BCUT2D eigenvalue weighted by Gasteiger charge is -2.07. The molecule has 0 saturated heterocycles. The van der Waals surface area contributed by atoms with E-state index in [0.717, 1.165) is 16.3 Å². The molecular weight excluding hydrogens is 392 g/mol. The van der Waals surface area contributed by atoms with Gasteiger partial charge in [-0.1, -0.05) is 18.2 Å². The number of sulfonamides is 1. The van der Waals surface area contributed by atoms with Gasteiger partial charge in [0.05, 0.1) is 27.4 Å². The second kappa shape index (κ2) is 7.26. The SMILES string of the molecule is CN1C(=O)c2ccc(S(=O)(=O)NCCc3ccn(-c4ccccc4)n3)cc2C1=O. The van der Waals surface area contributed by atoms with E-state index in [2.05, 4.69) is 9.82 Å². The topological polar surface area (TPSA) is 101 Å². The zero-order valence-corrected chi connectivity index (χ0v) is 16.4. The van der Waals surface area contributed by atoms with Gasteiger partial charge in [-0.05, 0) is 36.4 Å². The molecule has 8 nitrogen and oxygen atoms in total. The molecule has 0 atom stereocenters. The highest BCUT2D eigenvalue weighted by atomic mass is 32.2. The number of carbonyl (C=O) groups is 2. The summed E-state index contributed by atoms with van der Waals surface area (Å²) in [5, 5.41) is 4.44. The Labute approximate surface area is 167 Å². The third-order valence-corrected chi connectivity index (χ3v) is 6.17. The molecule has 1 aliphatic heterocycles. The molecule has 9 heteroatoms. The quantitative estimate of drug-likeness (QED) is 0.623. The highest BCUT2D eigenvalue weighted by Gasteiger charge is 2.33. The van der Waals surface area contributed by atoms with Crippen LogP contribution in [0.1, 0.15) is 26.4 Å². The first-order valence-electron chi connectivity index (χ1n) is 8.93. The van der Waals surface area contributed by atoms with Gasteiger partial charge in [0.25, 0.3) is 11.8 Å². The van der Waals surface area contributed by atoms with Crippen LogP contribution in [0.2, 0.25) is 0 Å². The van der Waals surface area contributed by atoms with Crippen LogP contribution in [-0.4, -0.2) is 48.5 Å². The number of carbonyl (C=O) groups excluding carboxylic acids is 2. The fourth-order valence-electron chi connectivity index (χ4n) is 3.12. The van der Waals surface area contributed by atoms with Crippen LogP contribution in [0.15, 0.2) is 65.7 Å². The van der Waals surface area contributed by atoms with Crippen LogP contribution in [0.25, 0.3) is 5.69 Å². The number of fused-ring (bicyclic) bond motifs is 1. The summed E-state index contributed by atoms with van der Waals surface area (Å²) in [6, 6.07) is 15.4. The molecule has 0 unspecified atom stereocenters. The summed E-state index contributed by atoms with van der Waals surface area (Å²) in [4.78, 5) is 24.9. The number of nitrogens with zero attached hydrogens (tertiary/aromatic N) is 3. The van der Waals surface area contributed by atoms with E-state index in [1.807, 2.05) is 42.6 Å². The molecule has 1 aromatic heterocycles. The normalized spacial score (nSPS) is 13.8. The zero-order valence-electron chi connectivity index (χ0n) is 15.6. The fraction of sp³-hybridized carbons (Fsp3) is 0.150. The lowest BCUT2D eigenvalue weighted by molar-refractivity contribution is 0.0693. The van der Waals surface area contributed by atoms with Gasteiger partial charge >= 0.3 is 0 Å². The largest absolute Gasteiger partial charge is 0.277 e. The number of aromatic nitrogens is 2. The van der Waals surface area contributed by atoms with Crippen molar-refractivity contribution in [2.45, 2.75) is 11.3 Å². The van der Waals surface area contributed by atoms with Crippen molar-refractivity contribution in [1.29, 1.82) is 0 Å². The average Bonchev–Trinajstić information content (AvgIpc) is 3.28. The second-order valence-electron chi connectivity index (χ2n) is 6.61. The minimum atomic E-state index is -3.82. The average molecular weight is 410 g/mol. The van der Waals surface area contributed by atoms with Crippen LogP contribution in [0.5, 0.6) is 0 Å². The molecule has 148 valence electrons. The van der Waals surface area contributed by atoms with Gasteiger partial charge in [-0.3, -0.25) is 14.5 Å². The number of imide groups is 1. The summed E-state index contributed by atoms with van der Waals surface area (Å²) in [7, 11) is -2.46. The fourth-order valence-corrected chi connectivity index (χ4v) is 4.18. The third-order valence-electron chi connectivity index (χ3n) is 4.71. The molecule has 0 spiro atoms. The maximum absolute atomic E-state index is 12.6. The molecule has 0 bridgehead atoms. The summed E-state index contributed by atoms with van der Waals surface area (Å²) < 4.78 is 29.4. The van der Waals surface area contributed by atoms with E-state index < -0.39 is 21.8 Å². The summed E-state index contributed by atoms with van der Waals surface area (Å²) >= 11 is 0. The number of rotatable bonds is 6. The Hall–Kier alpha value is -3.30. The zero-order chi connectivity index (χ0) is 20.6. The van der Waals surface area contributed by atoms with Crippen molar-refractivity contribution in [3.63, 3.8) is 0 Å². The smallest absolute Gasteiger partial charge is 0.261 e. The molecule has 0 radical (unpaired) electrons. The standard InChI is InChI=1S/C20H18N4O4S/c1-23-19(25)17-8-7-16(13-18(17)20(23)26)29(27,28)21-11-9-14-10-12-24(22-14)15-5-3-2-4-6-15/h2-8,10,12-13,21H,9,11H2,1H3.